The lowest BCUT2D eigenvalue weighted by molar-refractivity contribution is 0.209. The van der Waals surface area contributed by atoms with Crippen molar-refractivity contribution in [3.8, 4) is 0 Å². The van der Waals surface area contributed by atoms with Crippen molar-refractivity contribution < 1.29 is 9.90 Å². The Labute approximate surface area is 127 Å². The standard InChI is InChI=1S/C12H9BrN6O2/c13-7-1-3-8(4-2-7)15-9-10-17-18-11(16-12(20)21)19(10)6-5-14-9/h1-6H,(H,14,15)(H,16,18)(H,20,21). The van der Waals surface area contributed by atoms with Gasteiger partial charge in [-0.15, -0.1) is 10.2 Å². The summed E-state index contributed by atoms with van der Waals surface area (Å²) < 4.78 is 2.47. The van der Waals surface area contributed by atoms with E-state index < -0.39 is 6.09 Å². The Kier molecular flexibility index (Phi) is 3.40. The van der Waals surface area contributed by atoms with Crippen molar-refractivity contribution >= 4 is 45.1 Å². The number of carboxylic acid groups (broad SMARTS) is 1. The van der Waals surface area contributed by atoms with Gasteiger partial charge in [-0.2, -0.15) is 0 Å². The minimum absolute atomic E-state index is 0.110. The monoisotopic (exact) mass is 348 g/mol. The van der Waals surface area contributed by atoms with Gasteiger partial charge in [0.2, 0.25) is 11.6 Å². The van der Waals surface area contributed by atoms with Crippen LogP contribution in [0.15, 0.2) is 41.1 Å². The summed E-state index contributed by atoms with van der Waals surface area (Å²) >= 11 is 3.36. The van der Waals surface area contributed by atoms with E-state index in [1.807, 2.05) is 24.3 Å². The normalized spacial score (nSPS) is 10.5. The smallest absolute Gasteiger partial charge is 0.411 e. The molecule has 0 spiro atoms. The fraction of sp³-hybridized carbons (Fsp3) is 0. The Morgan fingerprint density at radius 1 is 1.24 bits per heavy atom. The van der Waals surface area contributed by atoms with E-state index in [0.29, 0.717) is 11.5 Å². The number of aromatic nitrogens is 4. The van der Waals surface area contributed by atoms with Crippen molar-refractivity contribution in [1.82, 2.24) is 19.6 Å². The van der Waals surface area contributed by atoms with Crippen LogP contribution < -0.4 is 10.6 Å². The number of hydrogen-bond acceptors (Lipinski definition) is 5. The Hall–Kier alpha value is -2.68. The second kappa shape index (κ2) is 5.37. The van der Waals surface area contributed by atoms with Crippen molar-refractivity contribution in [2.24, 2.45) is 0 Å². The number of carbonyl (C=O) groups is 1. The molecule has 0 aliphatic rings. The SMILES string of the molecule is O=C(O)Nc1nnc2c(Nc3ccc(Br)cc3)nccn12. The number of fused-ring (bicyclic) bond motifs is 1. The molecule has 2 heterocycles. The number of rotatable bonds is 3. The molecule has 0 unspecified atom stereocenters. The van der Waals surface area contributed by atoms with E-state index in [0.717, 1.165) is 10.2 Å². The lowest BCUT2D eigenvalue weighted by Gasteiger charge is -2.06. The van der Waals surface area contributed by atoms with Crippen molar-refractivity contribution in [2.45, 2.75) is 0 Å². The van der Waals surface area contributed by atoms with Gasteiger partial charge in [-0.1, -0.05) is 15.9 Å². The molecule has 1 amide bonds. The second-order valence-corrected chi connectivity index (χ2v) is 4.97. The maximum Gasteiger partial charge on any atom is 0.411 e. The third-order valence-corrected chi connectivity index (χ3v) is 3.18. The molecule has 0 saturated carbocycles. The summed E-state index contributed by atoms with van der Waals surface area (Å²) in [5.74, 6) is 0.588. The third-order valence-electron chi connectivity index (χ3n) is 2.65. The molecule has 3 aromatic rings. The third kappa shape index (κ3) is 2.77. The van der Waals surface area contributed by atoms with Gasteiger partial charge >= 0.3 is 6.09 Å². The molecule has 0 fully saturated rings. The summed E-state index contributed by atoms with van der Waals surface area (Å²) in [6.07, 6.45) is 1.90. The molecule has 8 nitrogen and oxygen atoms in total. The average Bonchev–Trinajstić information content (AvgIpc) is 2.85. The fourth-order valence-corrected chi connectivity index (χ4v) is 2.03. The largest absolute Gasteiger partial charge is 0.465 e. The Balaban J connectivity index is 1.97. The van der Waals surface area contributed by atoms with Crippen LogP contribution in [-0.4, -0.2) is 30.8 Å². The van der Waals surface area contributed by atoms with Gasteiger partial charge < -0.3 is 10.4 Å². The lowest BCUT2D eigenvalue weighted by atomic mass is 10.3. The number of amides is 1. The van der Waals surface area contributed by atoms with Gasteiger partial charge in [0.15, 0.2) is 5.82 Å². The van der Waals surface area contributed by atoms with Crippen molar-refractivity contribution in [3.05, 3.63) is 41.1 Å². The highest BCUT2D eigenvalue weighted by molar-refractivity contribution is 9.10. The summed E-state index contributed by atoms with van der Waals surface area (Å²) in [7, 11) is 0. The van der Waals surface area contributed by atoms with Crippen LogP contribution in [0.2, 0.25) is 0 Å². The van der Waals surface area contributed by atoms with E-state index in [1.54, 1.807) is 6.20 Å². The van der Waals surface area contributed by atoms with Crippen molar-refractivity contribution in [3.63, 3.8) is 0 Å². The first kappa shape index (κ1) is 13.3. The zero-order valence-corrected chi connectivity index (χ0v) is 12.1. The molecule has 0 aliphatic heterocycles. The topological polar surface area (TPSA) is 104 Å². The van der Waals surface area contributed by atoms with E-state index in [4.69, 9.17) is 5.11 Å². The van der Waals surface area contributed by atoms with Gasteiger partial charge in [-0.3, -0.25) is 9.72 Å². The van der Waals surface area contributed by atoms with Crippen LogP contribution in [-0.2, 0) is 0 Å². The fourth-order valence-electron chi connectivity index (χ4n) is 1.77. The molecule has 2 aromatic heterocycles. The molecule has 1 aromatic carbocycles. The summed E-state index contributed by atoms with van der Waals surface area (Å²) in [6, 6.07) is 7.54. The quantitative estimate of drug-likeness (QED) is 0.672. The molecular formula is C12H9BrN6O2. The Bertz CT molecular complexity index is 801. The van der Waals surface area contributed by atoms with Gasteiger partial charge in [0.25, 0.3) is 0 Å². The number of nitrogens with one attached hydrogen (secondary N) is 2. The number of nitrogens with zero attached hydrogens (tertiary/aromatic N) is 4. The molecule has 0 saturated heterocycles. The van der Waals surface area contributed by atoms with E-state index in [9.17, 15) is 4.79 Å². The predicted octanol–water partition coefficient (Wildman–Crippen LogP) is 2.72. The van der Waals surface area contributed by atoms with E-state index in [2.05, 4.69) is 41.7 Å². The van der Waals surface area contributed by atoms with E-state index >= 15 is 0 Å². The van der Waals surface area contributed by atoms with Gasteiger partial charge in [-0.05, 0) is 24.3 Å². The summed E-state index contributed by atoms with van der Waals surface area (Å²) in [5, 5.41) is 21.8. The minimum atomic E-state index is -1.21. The highest BCUT2D eigenvalue weighted by atomic mass is 79.9. The second-order valence-electron chi connectivity index (χ2n) is 4.06. The van der Waals surface area contributed by atoms with Crippen molar-refractivity contribution in [1.29, 1.82) is 0 Å². The molecule has 3 rings (SSSR count). The zero-order chi connectivity index (χ0) is 14.8. The molecular weight excluding hydrogens is 340 g/mol. The first-order valence-electron chi connectivity index (χ1n) is 5.86. The van der Waals surface area contributed by atoms with Gasteiger partial charge in [0.05, 0.1) is 0 Å². The number of anilines is 3. The summed E-state index contributed by atoms with van der Waals surface area (Å²) in [4.78, 5) is 14.9. The van der Waals surface area contributed by atoms with Crippen molar-refractivity contribution in [2.75, 3.05) is 10.6 Å². The Morgan fingerprint density at radius 2 is 2.00 bits per heavy atom. The predicted molar refractivity (Wildman–Crippen MR) is 79.9 cm³/mol. The van der Waals surface area contributed by atoms with E-state index in [1.165, 1.54) is 10.6 Å². The van der Waals surface area contributed by atoms with Crippen LogP contribution >= 0.6 is 15.9 Å². The number of benzene rings is 1. The summed E-state index contributed by atoms with van der Waals surface area (Å²) in [5.41, 5.74) is 1.25. The molecule has 3 N–H and O–H groups in total. The van der Waals surface area contributed by atoms with Gasteiger partial charge in [0.1, 0.15) is 0 Å². The lowest BCUT2D eigenvalue weighted by Crippen LogP contribution is -2.10. The number of hydrogen-bond donors (Lipinski definition) is 3. The van der Waals surface area contributed by atoms with Crippen LogP contribution in [0.1, 0.15) is 0 Å². The van der Waals surface area contributed by atoms with Crippen LogP contribution in [0.3, 0.4) is 0 Å². The van der Waals surface area contributed by atoms with Crippen LogP contribution in [0.5, 0.6) is 0 Å². The van der Waals surface area contributed by atoms with E-state index in [-0.39, 0.29) is 5.95 Å². The molecule has 0 atom stereocenters. The van der Waals surface area contributed by atoms with Crippen LogP contribution in [0.25, 0.3) is 5.65 Å². The van der Waals surface area contributed by atoms with Gasteiger partial charge in [-0.25, -0.2) is 9.78 Å². The first-order valence-corrected chi connectivity index (χ1v) is 6.65. The van der Waals surface area contributed by atoms with Gasteiger partial charge in [0, 0.05) is 22.6 Å². The van der Waals surface area contributed by atoms with Crippen LogP contribution in [0, 0.1) is 0 Å². The minimum Gasteiger partial charge on any atom is -0.465 e. The maximum absolute atomic E-state index is 10.7. The zero-order valence-electron chi connectivity index (χ0n) is 10.5. The van der Waals surface area contributed by atoms with Crippen LogP contribution in [0.4, 0.5) is 22.2 Å². The Morgan fingerprint density at radius 3 is 2.71 bits per heavy atom. The highest BCUT2D eigenvalue weighted by Gasteiger charge is 2.12. The molecule has 0 bridgehead atoms. The first-order chi connectivity index (χ1) is 10.1. The molecule has 9 heteroatoms. The summed E-state index contributed by atoms with van der Waals surface area (Å²) in [6.45, 7) is 0. The maximum atomic E-state index is 10.7. The molecule has 0 radical (unpaired) electrons. The average molecular weight is 349 g/mol. The molecule has 106 valence electrons. The molecule has 21 heavy (non-hydrogen) atoms. The number of halogens is 1. The molecule has 0 aliphatic carbocycles. The highest BCUT2D eigenvalue weighted by Crippen LogP contribution is 2.21.